The van der Waals surface area contributed by atoms with Crippen molar-refractivity contribution in [2.24, 2.45) is 0 Å². The van der Waals surface area contributed by atoms with Gasteiger partial charge in [-0.15, -0.1) is 0 Å². The molecule has 1 heterocycles. The van der Waals surface area contributed by atoms with E-state index in [1.54, 1.807) is 36.5 Å². The van der Waals surface area contributed by atoms with Crippen LogP contribution in [0.15, 0.2) is 85.1 Å². The molecule has 1 amide bonds. The van der Waals surface area contributed by atoms with Gasteiger partial charge in [0.25, 0.3) is 5.91 Å². The number of hydrogen-bond donors (Lipinski definition) is 2. The molecule has 0 saturated heterocycles. The zero-order chi connectivity index (χ0) is 20.2. The number of nitriles is 1. The van der Waals surface area contributed by atoms with E-state index in [0.29, 0.717) is 22.2 Å². The number of nitrogens with zero attached hydrogens (tertiary/aromatic N) is 2. The van der Waals surface area contributed by atoms with Crippen LogP contribution in [0.2, 0.25) is 0 Å². The summed E-state index contributed by atoms with van der Waals surface area (Å²) in [7, 11) is 0. The van der Waals surface area contributed by atoms with Crippen LogP contribution in [0.5, 0.6) is 5.75 Å². The molecule has 4 rings (SSSR count). The van der Waals surface area contributed by atoms with Crippen molar-refractivity contribution < 1.29 is 9.90 Å². The number of aromatic nitrogens is 1. The van der Waals surface area contributed by atoms with Crippen molar-refractivity contribution in [1.29, 1.82) is 5.26 Å². The van der Waals surface area contributed by atoms with E-state index < -0.39 is 6.04 Å². The van der Waals surface area contributed by atoms with Crippen molar-refractivity contribution >= 4 is 16.8 Å². The van der Waals surface area contributed by atoms with Gasteiger partial charge in [0.15, 0.2) is 0 Å². The Bertz CT molecular complexity index is 1210. The van der Waals surface area contributed by atoms with Crippen LogP contribution >= 0.6 is 0 Å². The lowest BCUT2D eigenvalue weighted by atomic mass is 9.96. The first-order valence-corrected chi connectivity index (χ1v) is 9.10. The van der Waals surface area contributed by atoms with Crippen LogP contribution in [-0.2, 0) is 0 Å². The fourth-order valence-electron chi connectivity index (χ4n) is 3.27. The zero-order valence-corrected chi connectivity index (χ0v) is 15.4. The Morgan fingerprint density at radius 2 is 1.72 bits per heavy atom. The summed E-state index contributed by atoms with van der Waals surface area (Å²) in [5.74, 6) is -0.263. The molecule has 29 heavy (non-hydrogen) atoms. The van der Waals surface area contributed by atoms with E-state index in [2.05, 4.69) is 10.3 Å². The average Bonchev–Trinajstić information content (AvgIpc) is 2.79. The van der Waals surface area contributed by atoms with Crippen LogP contribution < -0.4 is 5.32 Å². The molecule has 1 atom stereocenters. The molecule has 0 saturated carbocycles. The molecule has 2 N–H and O–H groups in total. The second-order valence-corrected chi connectivity index (χ2v) is 6.58. The quantitative estimate of drug-likeness (QED) is 0.552. The molecule has 0 spiro atoms. The Labute approximate surface area is 167 Å². The number of carbonyl (C=O) groups is 1. The summed E-state index contributed by atoms with van der Waals surface area (Å²) in [4.78, 5) is 17.2. The molecular formula is C24H17N3O2. The van der Waals surface area contributed by atoms with Crippen molar-refractivity contribution in [2.75, 3.05) is 0 Å². The number of benzene rings is 3. The van der Waals surface area contributed by atoms with Gasteiger partial charge < -0.3 is 10.4 Å². The van der Waals surface area contributed by atoms with Crippen LogP contribution in [0.3, 0.4) is 0 Å². The van der Waals surface area contributed by atoms with Gasteiger partial charge in [0.2, 0.25) is 0 Å². The Hall–Kier alpha value is -4.17. The number of amides is 1. The number of hydrogen-bond acceptors (Lipinski definition) is 4. The lowest BCUT2D eigenvalue weighted by Gasteiger charge is -2.21. The maximum absolute atomic E-state index is 12.9. The summed E-state index contributed by atoms with van der Waals surface area (Å²) in [6.45, 7) is 0. The molecule has 5 heteroatoms. The maximum Gasteiger partial charge on any atom is 0.252 e. The van der Waals surface area contributed by atoms with Crippen molar-refractivity contribution in [2.45, 2.75) is 6.04 Å². The third-order valence-electron chi connectivity index (χ3n) is 4.77. The van der Waals surface area contributed by atoms with Gasteiger partial charge in [0.1, 0.15) is 11.3 Å². The van der Waals surface area contributed by atoms with Crippen LogP contribution in [0.1, 0.15) is 33.1 Å². The Morgan fingerprint density at radius 3 is 2.45 bits per heavy atom. The summed E-state index contributed by atoms with van der Waals surface area (Å²) in [5, 5.41) is 23.6. The third-order valence-corrected chi connectivity index (χ3v) is 4.77. The molecule has 0 aliphatic heterocycles. The first-order valence-electron chi connectivity index (χ1n) is 9.10. The summed E-state index contributed by atoms with van der Waals surface area (Å²) in [6.07, 6.45) is 1.62. The average molecular weight is 379 g/mol. The molecule has 140 valence electrons. The number of aromatic hydroxyl groups is 1. The molecule has 1 aromatic heterocycles. The van der Waals surface area contributed by atoms with E-state index in [1.165, 1.54) is 0 Å². The maximum atomic E-state index is 12.9. The number of nitrogens with one attached hydrogen (secondary N) is 1. The van der Waals surface area contributed by atoms with E-state index in [0.717, 1.165) is 10.9 Å². The zero-order valence-electron chi connectivity index (χ0n) is 15.4. The van der Waals surface area contributed by atoms with Gasteiger partial charge in [0, 0.05) is 22.7 Å². The second-order valence-electron chi connectivity index (χ2n) is 6.58. The Balaban J connectivity index is 1.76. The number of pyridine rings is 1. The Morgan fingerprint density at radius 1 is 0.966 bits per heavy atom. The minimum absolute atomic E-state index is 0.0390. The van der Waals surface area contributed by atoms with E-state index >= 15 is 0 Å². The predicted molar refractivity (Wildman–Crippen MR) is 110 cm³/mol. The molecule has 0 radical (unpaired) electrons. The van der Waals surface area contributed by atoms with Gasteiger partial charge >= 0.3 is 0 Å². The molecular weight excluding hydrogens is 362 g/mol. The van der Waals surface area contributed by atoms with Gasteiger partial charge in [-0.05, 0) is 35.9 Å². The van der Waals surface area contributed by atoms with E-state index in [4.69, 9.17) is 5.26 Å². The number of phenols is 1. The SMILES string of the molecule is N#Cc1ccc(C(=O)NC(c2ccccc2)c2ccc3cccnc3c2O)cc1. The molecule has 0 bridgehead atoms. The minimum atomic E-state index is -0.564. The van der Waals surface area contributed by atoms with Crippen LogP contribution in [0.4, 0.5) is 0 Å². The Kier molecular flexibility index (Phi) is 4.91. The summed E-state index contributed by atoms with van der Waals surface area (Å²) in [6, 6.07) is 24.7. The third kappa shape index (κ3) is 3.64. The molecule has 5 nitrogen and oxygen atoms in total. The van der Waals surface area contributed by atoms with Crippen LogP contribution in [0.25, 0.3) is 10.9 Å². The van der Waals surface area contributed by atoms with Crippen LogP contribution in [-0.4, -0.2) is 16.0 Å². The number of carbonyl (C=O) groups excluding carboxylic acids is 1. The molecule has 1 unspecified atom stereocenters. The second kappa shape index (κ2) is 7.83. The topological polar surface area (TPSA) is 86.0 Å². The van der Waals surface area contributed by atoms with E-state index in [9.17, 15) is 9.90 Å². The number of phenolic OH excluding ortho intramolecular Hbond substituents is 1. The summed E-state index contributed by atoms with van der Waals surface area (Å²) in [5.41, 5.74) is 2.80. The fourth-order valence-corrected chi connectivity index (χ4v) is 3.27. The normalized spacial score (nSPS) is 11.6. The van der Waals surface area contributed by atoms with Crippen molar-refractivity contribution in [3.8, 4) is 11.8 Å². The lowest BCUT2D eigenvalue weighted by Crippen LogP contribution is -2.29. The largest absolute Gasteiger partial charge is 0.505 e. The first-order chi connectivity index (χ1) is 14.2. The van der Waals surface area contributed by atoms with Gasteiger partial charge in [0.05, 0.1) is 17.7 Å². The van der Waals surface area contributed by atoms with Gasteiger partial charge in [-0.2, -0.15) is 5.26 Å². The monoisotopic (exact) mass is 379 g/mol. The highest BCUT2D eigenvalue weighted by molar-refractivity contribution is 5.95. The smallest absolute Gasteiger partial charge is 0.252 e. The highest BCUT2D eigenvalue weighted by Crippen LogP contribution is 2.34. The minimum Gasteiger partial charge on any atom is -0.505 e. The molecule has 0 aliphatic carbocycles. The van der Waals surface area contributed by atoms with Gasteiger partial charge in [-0.3, -0.25) is 9.78 Å². The van der Waals surface area contributed by atoms with Gasteiger partial charge in [-0.1, -0.05) is 48.5 Å². The van der Waals surface area contributed by atoms with Crippen molar-refractivity contribution in [1.82, 2.24) is 10.3 Å². The highest BCUT2D eigenvalue weighted by Gasteiger charge is 2.22. The molecule has 3 aromatic carbocycles. The molecule has 4 aromatic rings. The molecule has 0 aliphatic rings. The number of rotatable bonds is 4. The standard InChI is InChI=1S/C24H17N3O2/c25-15-16-8-10-19(11-9-16)24(29)27-21(17-5-2-1-3-6-17)20-13-12-18-7-4-14-26-22(18)23(20)28/h1-14,21,28H,(H,27,29). The predicted octanol–water partition coefficient (Wildman–Crippen LogP) is 4.33. The fraction of sp³-hybridized carbons (Fsp3) is 0.0417. The molecule has 0 fully saturated rings. The van der Waals surface area contributed by atoms with Crippen molar-refractivity contribution in [3.05, 3.63) is 107 Å². The summed E-state index contributed by atoms with van der Waals surface area (Å²) >= 11 is 0. The highest BCUT2D eigenvalue weighted by atomic mass is 16.3. The summed E-state index contributed by atoms with van der Waals surface area (Å²) < 4.78 is 0. The number of fused-ring (bicyclic) bond motifs is 1. The van der Waals surface area contributed by atoms with E-state index in [1.807, 2.05) is 54.6 Å². The van der Waals surface area contributed by atoms with Gasteiger partial charge in [-0.25, -0.2) is 0 Å². The van der Waals surface area contributed by atoms with Crippen LogP contribution in [0, 0.1) is 11.3 Å². The van der Waals surface area contributed by atoms with E-state index in [-0.39, 0.29) is 11.7 Å². The first kappa shape index (κ1) is 18.2. The van der Waals surface area contributed by atoms with Crippen molar-refractivity contribution in [3.63, 3.8) is 0 Å². The lowest BCUT2D eigenvalue weighted by molar-refractivity contribution is 0.0942.